The molecule has 136 valence electrons. The molecule has 1 aliphatic carbocycles. The fourth-order valence-corrected chi connectivity index (χ4v) is 4.08. The lowest BCUT2D eigenvalue weighted by atomic mass is 9.92. The van der Waals surface area contributed by atoms with Crippen LogP contribution < -0.4 is 14.8 Å². The molecule has 1 aromatic heterocycles. The van der Waals surface area contributed by atoms with Gasteiger partial charge in [-0.2, -0.15) is 0 Å². The Morgan fingerprint density at radius 3 is 2.72 bits per heavy atom. The fourth-order valence-electron chi connectivity index (χ4n) is 3.30. The third-order valence-electron chi connectivity index (χ3n) is 4.58. The number of aromatic nitrogens is 1. The van der Waals surface area contributed by atoms with Gasteiger partial charge in [0.15, 0.2) is 16.6 Å². The van der Waals surface area contributed by atoms with Crippen LogP contribution in [0.25, 0.3) is 11.3 Å². The molecule has 1 heterocycles. The van der Waals surface area contributed by atoms with Crippen molar-refractivity contribution in [2.75, 3.05) is 26.1 Å². The molecule has 5 nitrogen and oxygen atoms in total. The maximum Gasteiger partial charge on any atom is 0.183 e. The third kappa shape index (κ3) is 4.25. The highest BCUT2D eigenvalue weighted by molar-refractivity contribution is 7.14. The largest absolute Gasteiger partial charge is 0.493 e. The van der Waals surface area contributed by atoms with E-state index in [9.17, 15) is 0 Å². The third-order valence-corrected chi connectivity index (χ3v) is 5.35. The molecule has 6 heteroatoms. The van der Waals surface area contributed by atoms with E-state index in [4.69, 9.17) is 19.2 Å². The van der Waals surface area contributed by atoms with Gasteiger partial charge in [0, 0.05) is 17.6 Å². The van der Waals surface area contributed by atoms with E-state index in [1.807, 2.05) is 18.2 Å². The SMILES string of the molecule is CCO[C@@H]1CCCCC1Nc1nc(-c2ccc(OC)c(OC)c2)cs1. The van der Waals surface area contributed by atoms with Crippen LogP contribution in [-0.2, 0) is 4.74 Å². The smallest absolute Gasteiger partial charge is 0.183 e. The van der Waals surface area contributed by atoms with Gasteiger partial charge in [-0.05, 0) is 38.0 Å². The number of hydrogen-bond donors (Lipinski definition) is 1. The van der Waals surface area contributed by atoms with E-state index in [0.717, 1.165) is 41.6 Å². The second-order valence-corrected chi connectivity index (χ2v) is 6.99. The fraction of sp³-hybridized carbons (Fsp3) is 0.526. The van der Waals surface area contributed by atoms with Crippen LogP contribution in [0.2, 0.25) is 0 Å². The first-order valence-corrected chi connectivity index (χ1v) is 9.69. The number of ether oxygens (including phenoxy) is 3. The van der Waals surface area contributed by atoms with Crippen LogP contribution in [0.1, 0.15) is 32.6 Å². The van der Waals surface area contributed by atoms with Crippen molar-refractivity contribution in [3.05, 3.63) is 23.6 Å². The van der Waals surface area contributed by atoms with Gasteiger partial charge >= 0.3 is 0 Å². The zero-order valence-electron chi connectivity index (χ0n) is 15.1. The predicted molar refractivity (Wildman–Crippen MR) is 102 cm³/mol. The number of thiazole rings is 1. The van der Waals surface area contributed by atoms with Gasteiger partial charge in [0.05, 0.1) is 32.1 Å². The molecule has 0 spiro atoms. The first kappa shape index (κ1) is 18.0. The van der Waals surface area contributed by atoms with Gasteiger partial charge in [-0.15, -0.1) is 11.3 Å². The second kappa shape index (κ2) is 8.54. The van der Waals surface area contributed by atoms with Crippen molar-refractivity contribution in [3.63, 3.8) is 0 Å². The van der Waals surface area contributed by atoms with Crippen molar-refractivity contribution in [2.45, 2.75) is 44.8 Å². The van der Waals surface area contributed by atoms with E-state index in [1.54, 1.807) is 25.6 Å². The molecule has 2 aromatic rings. The molecule has 1 fully saturated rings. The molecule has 0 bridgehead atoms. The highest BCUT2D eigenvalue weighted by Crippen LogP contribution is 2.34. The first-order valence-electron chi connectivity index (χ1n) is 8.81. The number of nitrogens with one attached hydrogen (secondary N) is 1. The van der Waals surface area contributed by atoms with Gasteiger partial charge in [-0.3, -0.25) is 0 Å². The van der Waals surface area contributed by atoms with Crippen molar-refractivity contribution < 1.29 is 14.2 Å². The minimum atomic E-state index is 0.284. The second-order valence-electron chi connectivity index (χ2n) is 6.14. The molecule has 0 aliphatic heterocycles. The molecule has 25 heavy (non-hydrogen) atoms. The van der Waals surface area contributed by atoms with E-state index >= 15 is 0 Å². The maximum absolute atomic E-state index is 5.90. The Bertz CT molecular complexity index is 687. The molecular formula is C19H26N2O3S. The molecule has 3 rings (SSSR count). The molecule has 1 saturated carbocycles. The van der Waals surface area contributed by atoms with E-state index in [-0.39, 0.29) is 6.10 Å². The van der Waals surface area contributed by atoms with E-state index in [1.165, 1.54) is 12.8 Å². The summed E-state index contributed by atoms with van der Waals surface area (Å²) >= 11 is 1.63. The van der Waals surface area contributed by atoms with Crippen molar-refractivity contribution in [2.24, 2.45) is 0 Å². The van der Waals surface area contributed by atoms with Gasteiger partial charge in [0.25, 0.3) is 0 Å². The van der Waals surface area contributed by atoms with E-state index < -0.39 is 0 Å². The van der Waals surface area contributed by atoms with Gasteiger partial charge in [-0.1, -0.05) is 12.8 Å². The topological polar surface area (TPSA) is 52.6 Å². The zero-order valence-corrected chi connectivity index (χ0v) is 15.9. The molecule has 0 radical (unpaired) electrons. The molecule has 1 aromatic carbocycles. The summed E-state index contributed by atoms with van der Waals surface area (Å²) in [7, 11) is 3.29. The molecule has 0 saturated heterocycles. The van der Waals surface area contributed by atoms with Gasteiger partial charge in [-0.25, -0.2) is 4.98 Å². The van der Waals surface area contributed by atoms with Gasteiger partial charge in [0.1, 0.15) is 0 Å². The average molecular weight is 362 g/mol. The molecule has 1 aliphatic rings. The summed E-state index contributed by atoms with van der Waals surface area (Å²) in [5, 5.41) is 6.60. The first-order chi connectivity index (χ1) is 12.2. The Balaban J connectivity index is 1.73. The molecule has 1 unspecified atom stereocenters. The minimum absolute atomic E-state index is 0.284. The normalized spacial score (nSPS) is 20.3. The number of anilines is 1. The Morgan fingerprint density at radius 1 is 1.16 bits per heavy atom. The Kier molecular flexibility index (Phi) is 6.15. The average Bonchev–Trinajstić information content (AvgIpc) is 3.11. The molecular weight excluding hydrogens is 336 g/mol. The summed E-state index contributed by atoms with van der Waals surface area (Å²) in [5.74, 6) is 1.44. The van der Waals surface area contributed by atoms with E-state index in [0.29, 0.717) is 11.8 Å². The van der Waals surface area contributed by atoms with Crippen molar-refractivity contribution in [3.8, 4) is 22.8 Å². The number of rotatable bonds is 7. The molecule has 1 N–H and O–H groups in total. The van der Waals surface area contributed by atoms with Crippen molar-refractivity contribution >= 4 is 16.5 Å². The Morgan fingerprint density at radius 2 is 1.96 bits per heavy atom. The van der Waals surface area contributed by atoms with Crippen LogP contribution in [-0.4, -0.2) is 38.0 Å². The van der Waals surface area contributed by atoms with Crippen molar-refractivity contribution in [1.29, 1.82) is 0 Å². The Hall–Kier alpha value is -1.79. The van der Waals surface area contributed by atoms with Gasteiger partial charge in [0.2, 0.25) is 0 Å². The summed E-state index contributed by atoms with van der Waals surface area (Å²) in [6.07, 6.45) is 5.04. The van der Waals surface area contributed by atoms with Crippen LogP contribution in [0.3, 0.4) is 0 Å². The number of hydrogen-bond acceptors (Lipinski definition) is 6. The lowest BCUT2D eigenvalue weighted by Gasteiger charge is -2.31. The standard InChI is InChI=1S/C19H26N2O3S/c1-4-24-16-8-6-5-7-14(16)20-19-21-15(12-25-19)13-9-10-17(22-2)18(11-13)23-3/h9-12,14,16H,4-8H2,1-3H3,(H,20,21)/t14?,16-/m1/s1. The number of benzene rings is 1. The lowest BCUT2D eigenvalue weighted by Crippen LogP contribution is -2.38. The molecule has 2 atom stereocenters. The van der Waals surface area contributed by atoms with Crippen LogP contribution >= 0.6 is 11.3 Å². The summed E-state index contributed by atoms with van der Waals surface area (Å²) in [6.45, 7) is 2.82. The summed E-state index contributed by atoms with van der Waals surface area (Å²) in [6, 6.07) is 6.22. The quantitative estimate of drug-likeness (QED) is 0.781. The number of nitrogens with zero attached hydrogens (tertiary/aromatic N) is 1. The monoisotopic (exact) mass is 362 g/mol. The highest BCUT2D eigenvalue weighted by Gasteiger charge is 2.26. The lowest BCUT2D eigenvalue weighted by molar-refractivity contribution is 0.0280. The number of methoxy groups -OCH3 is 2. The summed E-state index contributed by atoms with van der Waals surface area (Å²) < 4.78 is 16.6. The van der Waals surface area contributed by atoms with Crippen molar-refractivity contribution in [1.82, 2.24) is 4.98 Å². The van der Waals surface area contributed by atoms with Crippen LogP contribution in [0, 0.1) is 0 Å². The van der Waals surface area contributed by atoms with Crippen LogP contribution in [0.5, 0.6) is 11.5 Å². The zero-order chi connectivity index (χ0) is 17.6. The minimum Gasteiger partial charge on any atom is -0.493 e. The summed E-state index contributed by atoms with van der Waals surface area (Å²) in [4.78, 5) is 4.76. The van der Waals surface area contributed by atoms with E-state index in [2.05, 4.69) is 17.6 Å². The Labute approximate surface area is 153 Å². The molecule has 0 amide bonds. The highest BCUT2D eigenvalue weighted by atomic mass is 32.1. The van der Waals surface area contributed by atoms with Crippen LogP contribution in [0.4, 0.5) is 5.13 Å². The van der Waals surface area contributed by atoms with Crippen LogP contribution in [0.15, 0.2) is 23.6 Å². The van der Waals surface area contributed by atoms with Gasteiger partial charge < -0.3 is 19.5 Å². The maximum atomic E-state index is 5.90. The predicted octanol–water partition coefficient (Wildman–Crippen LogP) is 4.59. The summed E-state index contributed by atoms with van der Waals surface area (Å²) in [5.41, 5.74) is 1.96.